The highest BCUT2D eigenvalue weighted by Gasteiger charge is 2.09. The summed E-state index contributed by atoms with van der Waals surface area (Å²) in [5, 5.41) is 11.1. The van der Waals surface area contributed by atoms with Crippen molar-refractivity contribution in [3.8, 4) is 10.8 Å². The lowest BCUT2D eigenvalue weighted by Gasteiger charge is -1.91. The van der Waals surface area contributed by atoms with Crippen molar-refractivity contribution in [3.63, 3.8) is 0 Å². The van der Waals surface area contributed by atoms with Gasteiger partial charge in [-0.3, -0.25) is 0 Å². The Labute approximate surface area is 92.3 Å². The molecule has 0 aromatic carbocycles. The van der Waals surface area contributed by atoms with Crippen LogP contribution in [0.1, 0.15) is 10.8 Å². The fourth-order valence-corrected chi connectivity index (χ4v) is 2.02. The highest BCUT2D eigenvalue weighted by Crippen LogP contribution is 2.26. The lowest BCUT2D eigenvalue weighted by atomic mass is 10.4. The number of thiophene rings is 1. The number of likely N-dealkylation sites (N-methyl/N-ethyl adjacent to an activating group) is 1. The third-order valence-electron chi connectivity index (χ3n) is 2.01. The molecule has 2 rings (SSSR count). The number of nitrogens with one attached hydrogen (secondary N) is 1. The normalized spacial score (nSPS) is 10.8. The molecule has 0 spiro atoms. The second-order valence-corrected chi connectivity index (χ2v) is 4.55. The second kappa shape index (κ2) is 4.55. The van der Waals surface area contributed by atoms with Crippen LogP contribution in [0.25, 0.3) is 10.8 Å². The average molecular weight is 223 g/mol. The van der Waals surface area contributed by atoms with E-state index in [9.17, 15) is 0 Å². The molecule has 0 saturated carbocycles. The summed E-state index contributed by atoms with van der Waals surface area (Å²) in [5.41, 5.74) is 0. The summed E-state index contributed by atoms with van der Waals surface area (Å²) in [6.07, 6.45) is 0.772. The molecule has 0 atom stereocenters. The van der Waals surface area contributed by atoms with Crippen molar-refractivity contribution < 1.29 is 4.42 Å². The van der Waals surface area contributed by atoms with E-state index in [0.717, 1.165) is 17.8 Å². The summed E-state index contributed by atoms with van der Waals surface area (Å²) in [6.45, 7) is 2.91. The van der Waals surface area contributed by atoms with Gasteiger partial charge in [-0.1, -0.05) is 0 Å². The molecule has 0 unspecified atom stereocenters. The van der Waals surface area contributed by atoms with Gasteiger partial charge in [-0.25, -0.2) is 0 Å². The number of rotatable bonds is 4. The minimum absolute atomic E-state index is 0.624. The van der Waals surface area contributed by atoms with Crippen LogP contribution < -0.4 is 5.32 Å². The van der Waals surface area contributed by atoms with E-state index in [-0.39, 0.29) is 0 Å². The number of nitrogens with zero attached hydrogens (tertiary/aromatic N) is 2. The molecule has 0 aliphatic rings. The molecule has 0 aliphatic heterocycles. The lowest BCUT2D eigenvalue weighted by Crippen LogP contribution is -2.10. The minimum Gasteiger partial charge on any atom is -0.420 e. The van der Waals surface area contributed by atoms with E-state index in [1.807, 2.05) is 13.1 Å². The minimum atomic E-state index is 0.624. The largest absolute Gasteiger partial charge is 0.420 e. The van der Waals surface area contributed by atoms with Crippen molar-refractivity contribution in [1.29, 1.82) is 0 Å². The van der Waals surface area contributed by atoms with Crippen LogP contribution in [-0.2, 0) is 6.42 Å². The Morgan fingerprint density at radius 2 is 2.27 bits per heavy atom. The van der Waals surface area contributed by atoms with Crippen molar-refractivity contribution in [3.05, 3.63) is 22.9 Å². The van der Waals surface area contributed by atoms with Gasteiger partial charge in [-0.2, -0.15) is 0 Å². The van der Waals surface area contributed by atoms with E-state index in [0.29, 0.717) is 11.8 Å². The molecule has 15 heavy (non-hydrogen) atoms. The summed E-state index contributed by atoms with van der Waals surface area (Å²) in [7, 11) is 1.90. The predicted octanol–water partition coefficient (Wildman–Crippen LogP) is 1.87. The zero-order valence-electron chi connectivity index (χ0n) is 8.78. The van der Waals surface area contributed by atoms with Crippen LogP contribution in [0, 0.1) is 6.92 Å². The van der Waals surface area contributed by atoms with Crippen LogP contribution in [-0.4, -0.2) is 23.8 Å². The molecule has 1 N–H and O–H groups in total. The number of aryl methyl sites for hydroxylation is 1. The Kier molecular flexibility index (Phi) is 3.13. The Balaban J connectivity index is 2.13. The van der Waals surface area contributed by atoms with E-state index in [2.05, 4.69) is 28.5 Å². The standard InChI is InChI=1S/C10H13N3OS/c1-7-3-4-8(15-7)10-13-12-9(14-10)5-6-11-2/h3-4,11H,5-6H2,1-2H3. The maximum absolute atomic E-state index is 5.53. The van der Waals surface area contributed by atoms with Gasteiger partial charge in [-0.05, 0) is 26.1 Å². The van der Waals surface area contributed by atoms with Gasteiger partial charge in [0.15, 0.2) is 0 Å². The number of aromatic nitrogens is 2. The summed E-state index contributed by atoms with van der Waals surface area (Å²) in [5.74, 6) is 1.31. The molecule has 5 heteroatoms. The van der Waals surface area contributed by atoms with Crippen molar-refractivity contribution in [2.24, 2.45) is 0 Å². The Morgan fingerprint density at radius 1 is 1.40 bits per heavy atom. The van der Waals surface area contributed by atoms with Crippen molar-refractivity contribution in [2.45, 2.75) is 13.3 Å². The molecule has 2 aromatic heterocycles. The molecule has 2 heterocycles. The number of hydrogen-bond acceptors (Lipinski definition) is 5. The fraction of sp³-hybridized carbons (Fsp3) is 0.400. The Hall–Kier alpha value is -1.20. The van der Waals surface area contributed by atoms with Gasteiger partial charge in [0, 0.05) is 17.8 Å². The van der Waals surface area contributed by atoms with Gasteiger partial charge in [0.05, 0.1) is 4.88 Å². The Morgan fingerprint density at radius 3 is 2.93 bits per heavy atom. The van der Waals surface area contributed by atoms with Gasteiger partial charge in [-0.15, -0.1) is 21.5 Å². The summed E-state index contributed by atoms with van der Waals surface area (Å²) in [6, 6.07) is 4.06. The predicted molar refractivity (Wildman–Crippen MR) is 60.0 cm³/mol. The van der Waals surface area contributed by atoms with E-state index in [4.69, 9.17) is 4.42 Å². The molecule has 0 fully saturated rings. The van der Waals surface area contributed by atoms with Crippen LogP contribution in [0.4, 0.5) is 0 Å². The van der Waals surface area contributed by atoms with Crippen molar-refractivity contribution >= 4 is 11.3 Å². The smallest absolute Gasteiger partial charge is 0.257 e. The summed E-state index contributed by atoms with van der Waals surface area (Å²) < 4.78 is 5.53. The first kappa shape index (κ1) is 10.3. The average Bonchev–Trinajstić information content (AvgIpc) is 2.83. The van der Waals surface area contributed by atoms with Gasteiger partial charge < -0.3 is 9.73 Å². The zero-order chi connectivity index (χ0) is 10.7. The molecule has 0 saturated heterocycles. The Bertz CT molecular complexity index is 435. The molecule has 0 bridgehead atoms. The quantitative estimate of drug-likeness (QED) is 0.859. The first-order valence-electron chi connectivity index (χ1n) is 4.83. The van der Waals surface area contributed by atoms with E-state index in [1.165, 1.54) is 4.88 Å². The second-order valence-electron chi connectivity index (χ2n) is 3.26. The lowest BCUT2D eigenvalue weighted by molar-refractivity contribution is 0.501. The van der Waals surface area contributed by atoms with Crippen molar-refractivity contribution in [1.82, 2.24) is 15.5 Å². The third kappa shape index (κ3) is 2.43. The SMILES string of the molecule is CNCCc1nnc(-c2ccc(C)s2)o1. The summed E-state index contributed by atoms with van der Waals surface area (Å²) in [4.78, 5) is 2.29. The maximum atomic E-state index is 5.53. The highest BCUT2D eigenvalue weighted by atomic mass is 32.1. The van der Waals surface area contributed by atoms with Gasteiger partial charge in [0.2, 0.25) is 5.89 Å². The van der Waals surface area contributed by atoms with Gasteiger partial charge in [0.1, 0.15) is 0 Å². The summed E-state index contributed by atoms with van der Waals surface area (Å²) >= 11 is 1.67. The molecule has 80 valence electrons. The molecular formula is C10H13N3OS. The van der Waals surface area contributed by atoms with E-state index < -0.39 is 0 Å². The molecule has 0 radical (unpaired) electrons. The molecular weight excluding hydrogens is 210 g/mol. The van der Waals surface area contributed by atoms with Crippen LogP contribution in [0.3, 0.4) is 0 Å². The third-order valence-corrected chi connectivity index (χ3v) is 3.00. The van der Waals surface area contributed by atoms with E-state index in [1.54, 1.807) is 11.3 Å². The fourth-order valence-electron chi connectivity index (χ4n) is 1.24. The highest BCUT2D eigenvalue weighted by molar-refractivity contribution is 7.15. The molecule has 0 amide bonds. The van der Waals surface area contributed by atoms with Crippen LogP contribution in [0.5, 0.6) is 0 Å². The van der Waals surface area contributed by atoms with Crippen LogP contribution in [0.15, 0.2) is 16.5 Å². The van der Waals surface area contributed by atoms with Gasteiger partial charge in [0.25, 0.3) is 5.89 Å². The molecule has 4 nitrogen and oxygen atoms in total. The monoisotopic (exact) mass is 223 g/mol. The van der Waals surface area contributed by atoms with E-state index >= 15 is 0 Å². The van der Waals surface area contributed by atoms with Crippen molar-refractivity contribution in [2.75, 3.05) is 13.6 Å². The zero-order valence-corrected chi connectivity index (χ0v) is 9.60. The van der Waals surface area contributed by atoms with Gasteiger partial charge >= 0.3 is 0 Å². The van der Waals surface area contributed by atoms with Crippen LogP contribution >= 0.6 is 11.3 Å². The molecule has 0 aliphatic carbocycles. The first-order valence-corrected chi connectivity index (χ1v) is 5.65. The topological polar surface area (TPSA) is 51.0 Å². The molecule has 2 aromatic rings. The maximum Gasteiger partial charge on any atom is 0.257 e. The first-order chi connectivity index (χ1) is 7.29. The number of hydrogen-bond donors (Lipinski definition) is 1. The van der Waals surface area contributed by atoms with Crippen LogP contribution in [0.2, 0.25) is 0 Å².